The predicted molar refractivity (Wildman–Crippen MR) is 164 cm³/mol. The van der Waals surface area contributed by atoms with Crippen molar-refractivity contribution in [1.29, 1.82) is 0 Å². The number of carbonyl (C=O) groups excluding carboxylic acids is 1. The number of nitrogens with one attached hydrogen (secondary N) is 1. The molecule has 224 valence electrons. The van der Waals surface area contributed by atoms with E-state index in [0.29, 0.717) is 39.7 Å². The number of hydrogen-bond donors (Lipinski definition) is 2. The van der Waals surface area contributed by atoms with Gasteiger partial charge in [0.15, 0.2) is 15.3 Å². The molecule has 1 amide bonds. The molecule has 2 aromatic rings. The van der Waals surface area contributed by atoms with Gasteiger partial charge in [-0.05, 0) is 62.9 Å². The fourth-order valence-electron chi connectivity index (χ4n) is 5.98. The van der Waals surface area contributed by atoms with Gasteiger partial charge in [0.1, 0.15) is 22.8 Å². The van der Waals surface area contributed by atoms with Gasteiger partial charge in [-0.15, -0.1) is 0 Å². The van der Waals surface area contributed by atoms with Crippen LogP contribution in [-0.2, 0) is 15.4 Å². The Bertz CT molecular complexity index is 1510. The van der Waals surface area contributed by atoms with Gasteiger partial charge in [-0.1, -0.05) is 27.2 Å². The monoisotopic (exact) mass is 606 g/mol. The molecule has 0 aliphatic carbocycles. The van der Waals surface area contributed by atoms with Crippen LogP contribution in [0.5, 0.6) is 5.75 Å². The van der Waals surface area contributed by atoms with Crippen molar-refractivity contribution >= 4 is 43.6 Å². The normalized spacial score (nSPS) is 28.5. The highest BCUT2D eigenvalue weighted by Crippen LogP contribution is 2.66. The van der Waals surface area contributed by atoms with Crippen LogP contribution in [0.2, 0.25) is 0 Å². The number of benzene rings is 1. The maximum Gasteiger partial charge on any atom is 0.312 e. The summed E-state index contributed by atoms with van der Waals surface area (Å²) < 4.78 is 46.5. The van der Waals surface area contributed by atoms with Crippen LogP contribution in [0.1, 0.15) is 69.9 Å². The number of aliphatic imine (C=N–C) groups is 1. The number of hydrogen-bond acceptors (Lipinski definition) is 7. The molecule has 41 heavy (non-hydrogen) atoms. The van der Waals surface area contributed by atoms with Gasteiger partial charge in [0, 0.05) is 17.0 Å². The first-order valence-electron chi connectivity index (χ1n) is 13.8. The predicted octanol–water partition coefficient (Wildman–Crippen LogP) is 4.82. The summed E-state index contributed by atoms with van der Waals surface area (Å²) in [4.78, 5) is 22.1. The molecule has 0 saturated carbocycles. The maximum absolute atomic E-state index is 15.9. The van der Waals surface area contributed by atoms with Gasteiger partial charge in [-0.25, -0.2) is 22.8 Å². The van der Waals surface area contributed by atoms with Gasteiger partial charge in [-0.3, -0.25) is 4.79 Å². The number of sulfone groups is 1. The van der Waals surface area contributed by atoms with Gasteiger partial charge in [0.2, 0.25) is 0 Å². The van der Waals surface area contributed by atoms with Crippen molar-refractivity contribution in [3.63, 3.8) is 0 Å². The van der Waals surface area contributed by atoms with Crippen molar-refractivity contribution in [2.75, 3.05) is 25.2 Å². The van der Waals surface area contributed by atoms with Crippen molar-refractivity contribution in [2.24, 2.45) is 16.6 Å². The number of halogens is 1. The Labute approximate surface area is 245 Å². The van der Waals surface area contributed by atoms with Crippen molar-refractivity contribution in [1.82, 2.24) is 4.98 Å². The average Bonchev–Trinajstić information content (AvgIpc) is 3.66. The zero-order valence-corrected chi connectivity index (χ0v) is 26.4. The fourth-order valence-corrected chi connectivity index (χ4v) is 10.5. The first-order valence-corrected chi connectivity index (χ1v) is 16.8. The molecule has 0 bridgehead atoms. The summed E-state index contributed by atoms with van der Waals surface area (Å²) in [6, 6.07) is 7.65. The number of rotatable bonds is 11. The fraction of sp³-hybridized carbons (Fsp3) is 0.517. The lowest BCUT2D eigenvalue weighted by atomic mass is 9.72. The standard InChI is InChI=1S/C29H40FN5O4S2/c1-8-14-29(16-19(3)20(4)41(37,38)9-2)28(5,34-27(31)35(6)18-40(29)35)23-15-21(10-12-24(23)30)33-26(36)25-13-11-22(39-7)17-32-25/h10-13,15,17-20H,8-9,14,16H2,1-7H3,(H2-,31,33,34,36)/p+1. The van der Waals surface area contributed by atoms with Crippen LogP contribution in [0.25, 0.3) is 0 Å². The lowest BCUT2D eigenvalue weighted by Gasteiger charge is -2.49. The van der Waals surface area contributed by atoms with Gasteiger partial charge in [0.05, 0.1) is 41.0 Å². The number of anilines is 1. The number of amides is 1. The molecule has 6 unspecified atom stereocenters. The van der Waals surface area contributed by atoms with E-state index >= 15 is 4.39 Å². The Morgan fingerprint density at radius 1 is 1.24 bits per heavy atom. The van der Waals surface area contributed by atoms with Gasteiger partial charge in [-0.2, -0.15) is 3.89 Å². The Balaban J connectivity index is 1.80. The molecule has 12 heteroatoms. The third-order valence-electron chi connectivity index (χ3n) is 8.77. The molecule has 6 atom stereocenters. The highest BCUT2D eigenvalue weighted by molar-refractivity contribution is 8.17. The lowest BCUT2D eigenvalue weighted by molar-refractivity contribution is -0.529. The lowest BCUT2D eigenvalue weighted by Crippen LogP contribution is -2.57. The Kier molecular flexibility index (Phi) is 8.43. The smallest absolute Gasteiger partial charge is 0.312 e. The molecule has 0 radical (unpaired) electrons. The van der Waals surface area contributed by atoms with Crippen LogP contribution in [0, 0.1) is 11.7 Å². The second kappa shape index (κ2) is 11.1. The number of carbonyl (C=O) groups is 1. The van der Waals surface area contributed by atoms with Crippen LogP contribution in [0.4, 0.5) is 10.1 Å². The largest absolute Gasteiger partial charge is 0.495 e. The molecule has 2 aliphatic heterocycles. The molecular formula is C29H41FN5O4S2+. The molecule has 3 N–H and O–H groups in total. The third kappa shape index (κ3) is 5.30. The Morgan fingerprint density at radius 2 is 1.95 bits per heavy atom. The summed E-state index contributed by atoms with van der Waals surface area (Å²) >= 11 is 0. The molecule has 4 rings (SSSR count). The SMILES string of the molecule is CCCC1(CC(C)C(C)S(=O)(=O)CC)S2=C[N+]2(C)C(N)=NC1(C)c1cc(NC(=O)c2ccc(OC)cn2)ccc1F. The zero-order valence-electron chi connectivity index (χ0n) is 24.8. The van der Waals surface area contributed by atoms with E-state index in [0.717, 1.165) is 6.42 Å². The van der Waals surface area contributed by atoms with Gasteiger partial charge < -0.3 is 15.8 Å². The topological polar surface area (TPSA) is 124 Å². The molecule has 1 aromatic heterocycles. The molecule has 0 spiro atoms. The van der Waals surface area contributed by atoms with E-state index in [9.17, 15) is 13.2 Å². The molecule has 3 heterocycles. The van der Waals surface area contributed by atoms with E-state index in [1.165, 1.54) is 25.4 Å². The highest BCUT2D eigenvalue weighted by atomic mass is 32.2. The molecule has 1 aromatic carbocycles. The number of pyridine rings is 1. The number of guanidine groups is 1. The summed E-state index contributed by atoms with van der Waals surface area (Å²) in [7, 11) is -0.199. The second-order valence-electron chi connectivity index (χ2n) is 11.3. The van der Waals surface area contributed by atoms with Crippen molar-refractivity contribution in [3.8, 4) is 5.75 Å². The minimum Gasteiger partial charge on any atom is -0.495 e. The van der Waals surface area contributed by atoms with Crippen LogP contribution < -0.4 is 15.8 Å². The van der Waals surface area contributed by atoms with E-state index in [-0.39, 0.29) is 17.4 Å². The van der Waals surface area contributed by atoms with Crippen molar-refractivity contribution in [2.45, 2.75) is 69.4 Å². The summed E-state index contributed by atoms with van der Waals surface area (Å²) in [6.07, 6.45) is 3.47. The summed E-state index contributed by atoms with van der Waals surface area (Å²) in [5.74, 6) is -0.142. The third-order valence-corrected chi connectivity index (χ3v) is 14.3. The number of fused-ring (bicyclic) bond motifs is 1. The maximum atomic E-state index is 15.9. The highest BCUT2D eigenvalue weighted by Gasteiger charge is 2.69. The van der Waals surface area contributed by atoms with E-state index in [1.54, 1.807) is 32.0 Å². The number of ether oxygens (including phenoxy) is 1. The summed E-state index contributed by atoms with van der Waals surface area (Å²) in [6.45, 7) is 9.37. The first kappa shape index (κ1) is 31.1. The van der Waals surface area contributed by atoms with Crippen LogP contribution in [-0.4, -0.2) is 64.6 Å². The second-order valence-corrected chi connectivity index (χ2v) is 16.3. The first-order chi connectivity index (χ1) is 19.2. The number of quaternary nitrogens is 1. The average molecular weight is 607 g/mol. The molecule has 0 saturated heterocycles. The minimum atomic E-state index is -3.29. The molecular weight excluding hydrogens is 565 g/mol. The Morgan fingerprint density at radius 3 is 2.54 bits per heavy atom. The quantitative estimate of drug-likeness (QED) is 0.279. The van der Waals surface area contributed by atoms with Crippen LogP contribution in [0.15, 0.2) is 41.5 Å². The van der Waals surface area contributed by atoms with Crippen LogP contribution >= 0.6 is 10.7 Å². The zero-order chi connectivity index (χ0) is 30.4. The molecule has 0 fully saturated rings. The van der Waals surface area contributed by atoms with E-state index in [1.807, 2.05) is 20.9 Å². The summed E-state index contributed by atoms with van der Waals surface area (Å²) in [5, 5.41) is 2.26. The van der Waals surface area contributed by atoms with E-state index in [2.05, 4.69) is 22.7 Å². The van der Waals surface area contributed by atoms with Crippen LogP contribution in [0.3, 0.4) is 0 Å². The van der Waals surface area contributed by atoms with E-state index < -0.39 is 47.8 Å². The van der Waals surface area contributed by atoms with Crippen molar-refractivity contribution in [3.05, 3.63) is 53.6 Å². The van der Waals surface area contributed by atoms with E-state index in [4.69, 9.17) is 15.5 Å². The number of methoxy groups -OCH3 is 1. The number of nitrogens with two attached hydrogens (primary N) is 1. The van der Waals surface area contributed by atoms with Gasteiger partial charge in [0.25, 0.3) is 5.91 Å². The minimum absolute atomic E-state index is 0.0622. The Hall–Kier alpha value is -2.83. The van der Waals surface area contributed by atoms with Crippen molar-refractivity contribution < 1.29 is 26.2 Å². The van der Waals surface area contributed by atoms with Gasteiger partial charge >= 0.3 is 5.96 Å². The summed E-state index contributed by atoms with van der Waals surface area (Å²) in [5.41, 5.74) is 8.44. The number of nitrogens with zero attached hydrogens (tertiary/aromatic N) is 3. The molecule has 2 aliphatic rings. The molecule has 9 nitrogen and oxygen atoms in total. The number of aromatic nitrogens is 1.